The minimum atomic E-state index is -0.892. The second-order valence-electron chi connectivity index (χ2n) is 7.79. The average molecular weight is 429 g/mol. The maximum Gasteiger partial charge on any atom is 0.266 e. The Hall–Kier alpha value is -3.71. The molecule has 0 unspecified atom stereocenters. The number of anilines is 2. The third-order valence-corrected chi connectivity index (χ3v) is 5.74. The number of amides is 2. The molecule has 3 heterocycles. The highest BCUT2D eigenvalue weighted by molar-refractivity contribution is 6.23. The van der Waals surface area contributed by atoms with Gasteiger partial charge in [0.2, 0.25) is 5.91 Å². The summed E-state index contributed by atoms with van der Waals surface area (Å²) in [5, 5.41) is 1.68. The highest BCUT2D eigenvalue weighted by atomic mass is 16.7. The molecular formula is C25H23N3O4. The number of carbonyl (C=O) groups is 2. The number of hydrogen-bond donors (Lipinski definition) is 0. The number of imide groups is 1. The first-order valence-corrected chi connectivity index (χ1v) is 10.7. The van der Waals surface area contributed by atoms with Crippen molar-refractivity contribution in [1.82, 2.24) is 4.98 Å². The SMILES string of the molecule is CCCOc1ccc(N2C(=O)[C@H]3[C@H](ON(c4ccccc4)[C@H]3c3ccncc3)C2=O)cc1. The highest BCUT2D eigenvalue weighted by Gasteiger charge is 2.60. The second kappa shape index (κ2) is 8.43. The lowest BCUT2D eigenvalue weighted by atomic mass is 9.91. The summed E-state index contributed by atoms with van der Waals surface area (Å²) in [6.07, 6.45) is 3.37. The Labute approximate surface area is 186 Å². The molecule has 0 radical (unpaired) electrons. The Morgan fingerprint density at radius 1 is 0.906 bits per heavy atom. The quantitative estimate of drug-likeness (QED) is 0.553. The Balaban J connectivity index is 1.49. The van der Waals surface area contributed by atoms with E-state index in [0.29, 0.717) is 18.0 Å². The number of aromatic nitrogens is 1. The molecule has 0 N–H and O–H groups in total. The van der Waals surface area contributed by atoms with Crippen LogP contribution in [0.25, 0.3) is 0 Å². The minimum absolute atomic E-state index is 0.275. The van der Waals surface area contributed by atoms with Crippen LogP contribution < -0.4 is 14.7 Å². The number of ether oxygens (including phenoxy) is 1. The van der Waals surface area contributed by atoms with Gasteiger partial charge in [0.25, 0.3) is 5.91 Å². The van der Waals surface area contributed by atoms with Crippen LogP contribution in [-0.2, 0) is 14.4 Å². The maximum atomic E-state index is 13.6. The molecule has 1 aromatic heterocycles. The van der Waals surface area contributed by atoms with Crippen molar-refractivity contribution in [3.05, 3.63) is 84.7 Å². The van der Waals surface area contributed by atoms with Crippen molar-refractivity contribution in [1.29, 1.82) is 0 Å². The van der Waals surface area contributed by atoms with E-state index in [2.05, 4.69) is 4.98 Å². The molecule has 7 heteroatoms. The van der Waals surface area contributed by atoms with Crippen LogP contribution in [-0.4, -0.2) is 29.5 Å². The predicted octanol–water partition coefficient (Wildman–Crippen LogP) is 3.92. The zero-order valence-electron chi connectivity index (χ0n) is 17.6. The van der Waals surface area contributed by atoms with Gasteiger partial charge in [-0.2, -0.15) is 0 Å². The normalized spacial score (nSPS) is 22.3. The molecule has 2 aliphatic rings. The van der Waals surface area contributed by atoms with Gasteiger partial charge in [0.1, 0.15) is 11.7 Å². The van der Waals surface area contributed by atoms with Gasteiger partial charge in [-0.05, 0) is 60.5 Å². The third-order valence-electron chi connectivity index (χ3n) is 5.74. The number of benzene rings is 2. The van der Waals surface area contributed by atoms with Crippen LogP contribution in [0.1, 0.15) is 24.9 Å². The second-order valence-corrected chi connectivity index (χ2v) is 7.79. The number of para-hydroxylation sites is 1. The third kappa shape index (κ3) is 3.40. The molecule has 7 nitrogen and oxygen atoms in total. The lowest BCUT2D eigenvalue weighted by Gasteiger charge is -2.28. The monoisotopic (exact) mass is 429 g/mol. The van der Waals surface area contributed by atoms with Crippen molar-refractivity contribution in [3.63, 3.8) is 0 Å². The lowest BCUT2D eigenvalue weighted by Crippen LogP contribution is -2.37. The molecule has 3 aromatic rings. The van der Waals surface area contributed by atoms with E-state index in [1.807, 2.05) is 49.4 Å². The fourth-order valence-corrected chi connectivity index (χ4v) is 4.28. The lowest BCUT2D eigenvalue weighted by molar-refractivity contribution is -0.126. The number of carbonyl (C=O) groups excluding carboxylic acids is 2. The number of hydrogen-bond acceptors (Lipinski definition) is 6. The van der Waals surface area contributed by atoms with Crippen molar-refractivity contribution in [3.8, 4) is 5.75 Å². The van der Waals surface area contributed by atoms with Crippen LogP contribution in [0.4, 0.5) is 11.4 Å². The molecule has 0 saturated carbocycles. The number of pyridine rings is 1. The summed E-state index contributed by atoms with van der Waals surface area (Å²) in [4.78, 5) is 38.3. The summed E-state index contributed by atoms with van der Waals surface area (Å²) >= 11 is 0. The summed E-state index contributed by atoms with van der Waals surface area (Å²) in [6.45, 7) is 2.65. The molecule has 2 saturated heterocycles. The number of fused-ring (bicyclic) bond motifs is 1. The van der Waals surface area contributed by atoms with Crippen LogP contribution in [0, 0.1) is 5.92 Å². The summed E-state index contributed by atoms with van der Waals surface area (Å²) in [5.74, 6) is -0.598. The smallest absolute Gasteiger partial charge is 0.266 e. The van der Waals surface area contributed by atoms with E-state index in [-0.39, 0.29) is 11.8 Å². The Bertz CT molecular complexity index is 1110. The van der Waals surface area contributed by atoms with Crippen LogP contribution in [0.15, 0.2) is 79.1 Å². The summed E-state index contributed by atoms with van der Waals surface area (Å²) in [6, 6.07) is 19.8. The molecule has 2 aliphatic heterocycles. The predicted molar refractivity (Wildman–Crippen MR) is 119 cm³/mol. The molecule has 32 heavy (non-hydrogen) atoms. The first-order chi connectivity index (χ1) is 15.7. The standard InChI is InChI=1S/C25H23N3O4/c1-2-16-31-20-10-8-18(9-11-20)27-24(29)21-22(17-12-14-26-15-13-17)28(32-23(21)25(27)30)19-6-4-3-5-7-19/h3-15,21-23H,2,16H2,1H3/t21-,22+,23+/m1/s1. The Morgan fingerprint density at radius 2 is 1.62 bits per heavy atom. The molecular weight excluding hydrogens is 406 g/mol. The molecule has 2 amide bonds. The number of rotatable bonds is 6. The first kappa shape index (κ1) is 20.2. The number of nitrogens with zero attached hydrogens (tertiary/aromatic N) is 3. The van der Waals surface area contributed by atoms with Crippen molar-refractivity contribution in [2.45, 2.75) is 25.5 Å². The van der Waals surface area contributed by atoms with Crippen molar-refractivity contribution in [2.75, 3.05) is 16.6 Å². The van der Waals surface area contributed by atoms with E-state index in [9.17, 15) is 9.59 Å². The highest BCUT2D eigenvalue weighted by Crippen LogP contribution is 2.47. The largest absolute Gasteiger partial charge is 0.494 e. The van der Waals surface area contributed by atoms with Gasteiger partial charge in [0.15, 0.2) is 6.10 Å². The summed E-state index contributed by atoms with van der Waals surface area (Å²) in [5.41, 5.74) is 2.16. The van der Waals surface area contributed by atoms with E-state index in [4.69, 9.17) is 9.57 Å². The molecule has 0 spiro atoms. The summed E-state index contributed by atoms with van der Waals surface area (Å²) < 4.78 is 5.61. The minimum Gasteiger partial charge on any atom is -0.494 e. The molecule has 3 atom stereocenters. The van der Waals surface area contributed by atoms with Gasteiger partial charge in [-0.25, -0.2) is 9.96 Å². The Kier molecular flexibility index (Phi) is 5.33. The van der Waals surface area contributed by atoms with E-state index in [1.54, 1.807) is 41.7 Å². The van der Waals surface area contributed by atoms with E-state index in [0.717, 1.165) is 17.7 Å². The van der Waals surface area contributed by atoms with Gasteiger partial charge in [-0.3, -0.25) is 19.4 Å². The van der Waals surface area contributed by atoms with Gasteiger partial charge in [0, 0.05) is 12.4 Å². The van der Waals surface area contributed by atoms with Crippen molar-refractivity contribution < 1.29 is 19.2 Å². The molecule has 5 rings (SSSR count). The Morgan fingerprint density at radius 3 is 2.31 bits per heavy atom. The zero-order valence-corrected chi connectivity index (χ0v) is 17.6. The van der Waals surface area contributed by atoms with Crippen LogP contribution >= 0.6 is 0 Å². The van der Waals surface area contributed by atoms with Gasteiger partial charge in [-0.1, -0.05) is 25.1 Å². The molecule has 0 aliphatic carbocycles. The van der Waals surface area contributed by atoms with E-state index in [1.165, 1.54) is 4.90 Å². The molecule has 2 aromatic carbocycles. The topological polar surface area (TPSA) is 72.0 Å². The van der Waals surface area contributed by atoms with Gasteiger partial charge in [0.05, 0.1) is 24.0 Å². The van der Waals surface area contributed by atoms with E-state index >= 15 is 0 Å². The van der Waals surface area contributed by atoms with E-state index < -0.39 is 18.1 Å². The van der Waals surface area contributed by atoms with Gasteiger partial charge < -0.3 is 4.74 Å². The van der Waals surface area contributed by atoms with Gasteiger partial charge >= 0.3 is 0 Å². The van der Waals surface area contributed by atoms with Crippen LogP contribution in [0.2, 0.25) is 0 Å². The molecule has 162 valence electrons. The fraction of sp³-hybridized carbons (Fsp3) is 0.240. The molecule has 0 bridgehead atoms. The fourth-order valence-electron chi connectivity index (χ4n) is 4.28. The maximum absolute atomic E-state index is 13.6. The number of hydroxylamine groups is 1. The first-order valence-electron chi connectivity index (χ1n) is 10.7. The van der Waals surface area contributed by atoms with Crippen LogP contribution in [0.5, 0.6) is 5.75 Å². The molecule has 2 fully saturated rings. The zero-order chi connectivity index (χ0) is 22.1. The summed E-state index contributed by atoms with van der Waals surface area (Å²) in [7, 11) is 0. The van der Waals surface area contributed by atoms with Crippen molar-refractivity contribution in [2.24, 2.45) is 5.92 Å². The van der Waals surface area contributed by atoms with Crippen LogP contribution in [0.3, 0.4) is 0 Å². The van der Waals surface area contributed by atoms with Crippen molar-refractivity contribution >= 4 is 23.2 Å². The van der Waals surface area contributed by atoms with Gasteiger partial charge in [-0.15, -0.1) is 0 Å². The average Bonchev–Trinajstić information content (AvgIpc) is 3.35.